The van der Waals surface area contributed by atoms with Crippen molar-refractivity contribution in [3.8, 4) is 0 Å². The minimum atomic E-state index is -4.17. The van der Waals surface area contributed by atoms with Gasteiger partial charge in [-0.1, -0.05) is 0 Å². The molecule has 74 valence electrons. The van der Waals surface area contributed by atoms with Gasteiger partial charge in [0.05, 0.1) is 18.4 Å². The molecule has 0 aliphatic rings. The van der Waals surface area contributed by atoms with Crippen LogP contribution in [0.1, 0.15) is 0 Å². The lowest BCUT2D eigenvalue weighted by Gasteiger charge is -2.04. The summed E-state index contributed by atoms with van der Waals surface area (Å²) in [5, 5.41) is 3.75. The summed E-state index contributed by atoms with van der Waals surface area (Å²) in [6.45, 7) is 0.210. The van der Waals surface area contributed by atoms with Crippen molar-refractivity contribution >= 4 is 17.4 Å². The molecule has 1 aromatic heterocycles. The van der Waals surface area contributed by atoms with Crippen molar-refractivity contribution < 1.29 is 13.2 Å². The van der Waals surface area contributed by atoms with Crippen LogP contribution in [0.4, 0.5) is 18.9 Å². The summed E-state index contributed by atoms with van der Waals surface area (Å²) in [4.78, 5) is 0. The zero-order valence-corrected chi connectivity index (χ0v) is 7.40. The SMILES string of the molecule is Nc1cnn(CCSC(F)(F)F)c1. The number of nitrogen functional groups attached to an aromatic ring is 1. The molecule has 0 amide bonds. The third-order valence-corrected chi connectivity index (χ3v) is 1.95. The predicted molar refractivity (Wildman–Crippen MR) is 45.2 cm³/mol. The summed E-state index contributed by atoms with van der Waals surface area (Å²) >= 11 is -0.0640. The van der Waals surface area contributed by atoms with Gasteiger partial charge in [0, 0.05) is 11.9 Å². The van der Waals surface area contributed by atoms with E-state index in [9.17, 15) is 13.2 Å². The normalized spacial score (nSPS) is 11.9. The number of nitrogens with two attached hydrogens (primary N) is 1. The Hall–Kier alpha value is -0.850. The zero-order chi connectivity index (χ0) is 9.90. The van der Waals surface area contributed by atoms with Crippen LogP contribution in [-0.2, 0) is 6.54 Å². The maximum Gasteiger partial charge on any atom is 0.441 e. The molecule has 0 saturated carbocycles. The number of anilines is 1. The lowest BCUT2D eigenvalue weighted by Crippen LogP contribution is -2.07. The first kappa shape index (κ1) is 10.2. The topological polar surface area (TPSA) is 43.8 Å². The molecule has 0 aliphatic carbocycles. The molecule has 7 heteroatoms. The molecule has 3 nitrogen and oxygen atoms in total. The Kier molecular flexibility index (Phi) is 3.07. The van der Waals surface area contributed by atoms with E-state index in [1.165, 1.54) is 17.1 Å². The highest BCUT2D eigenvalue weighted by Gasteiger charge is 2.27. The number of nitrogens with zero attached hydrogens (tertiary/aromatic N) is 2. The Labute approximate surface area is 77.1 Å². The fourth-order valence-corrected chi connectivity index (χ4v) is 1.27. The molecule has 2 N–H and O–H groups in total. The number of aryl methyl sites for hydroxylation is 1. The number of halogens is 3. The summed E-state index contributed by atoms with van der Waals surface area (Å²) in [7, 11) is 0. The summed E-state index contributed by atoms with van der Waals surface area (Å²) in [6, 6.07) is 0. The molecule has 0 aliphatic heterocycles. The third-order valence-electron chi connectivity index (χ3n) is 1.24. The van der Waals surface area contributed by atoms with Gasteiger partial charge in [-0.2, -0.15) is 18.3 Å². The Morgan fingerprint density at radius 2 is 2.23 bits per heavy atom. The van der Waals surface area contributed by atoms with Crippen LogP contribution >= 0.6 is 11.8 Å². The van der Waals surface area contributed by atoms with Gasteiger partial charge in [0.2, 0.25) is 0 Å². The Morgan fingerprint density at radius 3 is 2.69 bits per heavy atom. The van der Waals surface area contributed by atoms with Crippen LogP contribution in [0, 0.1) is 0 Å². The van der Waals surface area contributed by atoms with E-state index in [2.05, 4.69) is 5.10 Å². The molecule has 0 fully saturated rings. The first-order chi connectivity index (χ1) is 5.97. The molecule has 0 atom stereocenters. The van der Waals surface area contributed by atoms with Crippen LogP contribution in [-0.4, -0.2) is 21.0 Å². The first-order valence-electron chi connectivity index (χ1n) is 3.46. The third kappa shape index (κ3) is 4.07. The van der Waals surface area contributed by atoms with E-state index in [1.54, 1.807) is 0 Å². The fraction of sp³-hybridized carbons (Fsp3) is 0.500. The highest BCUT2D eigenvalue weighted by atomic mass is 32.2. The van der Waals surface area contributed by atoms with Crippen LogP contribution in [0.3, 0.4) is 0 Å². The van der Waals surface area contributed by atoms with E-state index in [0.29, 0.717) is 5.69 Å². The maximum atomic E-state index is 11.7. The summed E-state index contributed by atoms with van der Waals surface area (Å²) in [6.07, 6.45) is 2.90. The Morgan fingerprint density at radius 1 is 1.54 bits per heavy atom. The molecule has 1 aromatic rings. The largest absolute Gasteiger partial charge is 0.441 e. The van der Waals surface area contributed by atoms with E-state index in [0.717, 1.165) is 0 Å². The van der Waals surface area contributed by atoms with Gasteiger partial charge in [0.25, 0.3) is 0 Å². The summed E-state index contributed by atoms with van der Waals surface area (Å²) < 4.78 is 36.4. The summed E-state index contributed by atoms with van der Waals surface area (Å²) in [5.74, 6) is -0.0510. The van der Waals surface area contributed by atoms with Crippen LogP contribution in [0.5, 0.6) is 0 Å². The van der Waals surface area contributed by atoms with Gasteiger partial charge in [-0.05, 0) is 11.8 Å². The Balaban J connectivity index is 2.28. The van der Waals surface area contributed by atoms with Crippen molar-refractivity contribution in [2.75, 3.05) is 11.5 Å². The molecule has 0 radical (unpaired) electrons. The molecular formula is C6H8F3N3S. The number of aromatic nitrogens is 2. The van der Waals surface area contributed by atoms with Crippen LogP contribution < -0.4 is 5.73 Å². The summed E-state index contributed by atoms with van der Waals surface area (Å²) in [5.41, 5.74) is 1.61. The average Bonchev–Trinajstić information content (AvgIpc) is 2.33. The van der Waals surface area contributed by atoms with Gasteiger partial charge >= 0.3 is 5.51 Å². The second-order valence-electron chi connectivity index (χ2n) is 2.33. The van der Waals surface area contributed by atoms with E-state index in [1.807, 2.05) is 0 Å². The standard InChI is InChI=1S/C6H8F3N3S/c7-6(8,9)13-2-1-12-4-5(10)3-11-12/h3-4H,1-2,10H2. The quantitative estimate of drug-likeness (QED) is 0.827. The molecule has 0 aromatic carbocycles. The van der Waals surface area contributed by atoms with Gasteiger partial charge in [0.1, 0.15) is 0 Å². The van der Waals surface area contributed by atoms with E-state index < -0.39 is 5.51 Å². The zero-order valence-electron chi connectivity index (χ0n) is 6.58. The van der Waals surface area contributed by atoms with Crippen molar-refractivity contribution in [2.45, 2.75) is 12.1 Å². The number of hydrogen-bond acceptors (Lipinski definition) is 3. The predicted octanol–water partition coefficient (Wildman–Crippen LogP) is 1.72. The average molecular weight is 211 g/mol. The van der Waals surface area contributed by atoms with Crippen LogP contribution in [0.25, 0.3) is 0 Å². The van der Waals surface area contributed by atoms with Gasteiger partial charge < -0.3 is 5.73 Å². The smallest absolute Gasteiger partial charge is 0.396 e. The molecule has 0 spiro atoms. The van der Waals surface area contributed by atoms with Crippen molar-refractivity contribution in [3.05, 3.63) is 12.4 Å². The van der Waals surface area contributed by atoms with Crippen molar-refractivity contribution in [1.29, 1.82) is 0 Å². The molecule has 0 unspecified atom stereocenters. The number of hydrogen-bond donors (Lipinski definition) is 1. The highest BCUT2D eigenvalue weighted by molar-refractivity contribution is 8.00. The van der Waals surface area contributed by atoms with Crippen LogP contribution in [0.15, 0.2) is 12.4 Å². The van der Waals surface area contributed by atoms with E-state index in [4.69, 9.17) is 5.73 Å². The van der Waals surface area contributed by atoms with Crippen molar-refractivity contribution in [2.24, 2.45) is 0 Å². The minimum absolute atomic E-state index is 0.0510. The van der Waals surface area contributed by atoms with Crippen molar-refractivity contribution in [3.63, 3.8) is 0 Å². The van der Waals surface area contributed by atoms with Gasteiger partial charge in [-0.25, -0.2) is 0 Å². The highest BCUT2D eigenvalue weighted by Crippen LogP contribution is 2.29. The van der Waals surface area contributed by atoms with E-state index >= 15 is 0 Å². The van der Waals surface area contributed by atoms with Gasteiger partial charge in [-0.3, -0.25) is 4.68 Å². The Bertz CT molecular complexity index is 270. The lowest BCUT2D eigenvalue weighted by molar-refractivity contribution is -0.0328. The first-order valence-corrected chi connectivity index (χ1v) is 4.44. The molecule has 1 rings (SSSR count). The number of rotatable bonds is 3. The molecule has 13 heavy (non-hydrogen) atoms. The second kappa shape index (κ2) is 3.91. The molecule has 1 heterocycles. The molecule has 0 saturated heterocycles. The molecular weight excluding hydrogens is 203 g/mol. The second-order valence-corrected chi connectivity index (χ2v) is 3.49. The fourth-order valence-electron chi connectivity index (χ4n) is 0.757. The minimum Gasteiger partial charge on any atom is -0.396 e. The maximum absolute atomic E-state index is 11.7. The number of thioether (sulfide) groups is 1. The van der Waals surface area contributed by atoms with Crippen LogP contribution in [0.2, 0.25) is 0 Å². The van der Waals surface area contributed by atoms with E-state index in [-0.39, 0.29) is 24.1 Å². The monoisotopic (exact) mass is 211 g/mol. The van der Waals surface area contributed by atoms with Gasteiger partial charge in [0.15, 0.2) is 0 Å². The van der Waals surface area contributed by atoms with Gasteiger partial charge in [-0.15, -0.1) is 0 Å². The van der Waals surface area contributed by atoms with Crippen molar-refractivity contribution in [1.82, 2.24) is 9.78 Å². The number of alkyl halides is 3. The molecule has 0 bridgehead atoms. The lowest BCUT2D eigenvalue weighted by atomic mass is 10.6.